The Morgan fingerprint density at radius 2 is 2.21 bits per heavy atom. The van der Waals surface area contributed by atoms with Gasteiger partial charge in [0, 0.05) is 38.7 Å². The van der Waals surface area contributed by atoms with Crippen molar-refractivity contribution in [3.05, 3.63) is 52.9 Å². The van der Waals surface area contributed by atoms with Crippen molar-refractivity contribution in [3.8, 4) is 0 Å². The van der Waals surface area contributed by atoms with Crippen LogP contribution in [0.1, 0.15) is 11.1 Å². The summed E-state index contributed by atoms with van der Waals surface area (Å²) in [5.74, 6) is 0.901. The van der Waals surface area contributed by atoms with Gasteiger partial charge in [-0.1, -0.05) is 17.7 Å². The Labute approximate surface area is 118 Å². The van der Waals surface area contributed by atoms with E-state index in [9.17, 15) is 0 Å². The SMILES string of the molecule is CNCc1cc(N(C)Cc2cccnc2)ncc1Cl. The highest BCUT2D eigenvalue weighted by molar-refractivity contribution is 6.31. The van der Waals surface area contributed by atoms with Crippen LogP contribution >= 0.6 is 11.6 Å². The molecule has 2 heterocycles. The summed E-state index contributed by atoms with van der Waals surface area (Å²) in [6, 6.07) is 5.99. The minimum absolute atomic E-state index is 0.688. The Bertz CT molecular complexity index is 530. The quantitative estimate of drug-likeness (QED) is 0.911. The van der Waals surface area contributed by atoms with Crippen LogP contribution in [-0.2, 0) is 13.1 Å². The molecule has 2 aromatic rings. The maximum atomic E-state index is 6.11. The van der Waals surface area contributed by atoms with Gasteiger partial charge in [-0.05, 0) is 30.3 Å². The predicted molar refractivity (Wildman–Crippen MR) is 78.4 cm³/mol. The van der Waals surface area contributed by atoms with Crippen LogP contribution in [-0.4, -0.2) is 24.1 Å². The maximum absolute atomic E-state index is 6.11. The fraction of sp³-hybridized carbons (Fsp3) is 0.286. The summed E-state index contributed by atoms with van der Waals surface area (Å²) >= 11 is 6.11. The lowest BCUT2D eigenvalue weighted by Gasteiger charge is -2.19. The zero-order chi connectivity index (χ0) is 13.7. The molecule has 1 N–H and O–H groups in total. The lowest BCUT2D eigenvalue weighted by atomic mass is 10.2. The molecule has 0 radical (unpaired) electrons. The minimum atomic E-state index is 0.688. The topological polar surface area (TPSA) is 41.0 Å². The van der Waals surface area contributed by atoms with Crippen molar-refractivity contribution in [2.45, 2.75) is 13.1 Å². The van der Waals surface area contributed by atoms with Crippen molar-refractivity contribution in [1.82, 2.24) is 15.3 Å². The molecule has 0 amide bonds. The molecule has 2 rings (SSSR count). The van der Waals surface area contributed by atoms with E-state index in [1.807, 2.05) is 38.5 Å². The molecule has 0 fully saturated rings. The van der Waals surface area contributed by atoms with Gasteiger partial charge in [-0.15, -0.1) is 0 Å². The number of halogens is 1. The second-order valence-electron chi connectivity index (χ2n) is 4.38. The molecule has 19 heavy (non-hydrogen) atoms. The van der Waals surface area contributed by atoms with Crippen LogP contribution in [0.5, 0.6) is 0 Å². The average molecular weight is 277 g/mol. The third-order valence-electron chi connectivity index (χ3n) is 2.82. The van der Waals surface area contributed by atoms with Crippen molar-refractivity contribution >= 4 is 17.4 Å². The third kappa shape index (κ3) is 3.66. The van der Waals surface area contributed by atoms with Gasteiger partial charge in [0.2, 0.25) is 0 Å². The zero-order valence-electron chi connectivity index (χ0n) is 11.1. The second kappa shape index (κ2) is 6.50. The van der Waals surface area contributed by atoms with Crippen LogP contribution in [0.15, 0.2) is 36.8 Å². The number of pyridine rings is 2. The summed E-state index contributed by atoms with van der Waals surface area (Å²) in [7, 11) is 3.90. The Balaban J connectivity index is 2.15. The second-order valence-corrected chi connectivity index (χ2v) is 4.79. The largest absolute Gasteiger partial charge is 0.355 e. The Kier molecular flexibility index (Phi) is 4.71. The normalized spacial score (nSPS) is 10.5. The van der Waals surface area contributed by atoms with Crippen LogP contribution in [0.4, 0.5) is 5.82 Å². The van der Waals surface area contributed by atoms with Crippen LogP contribution < -0.4 is 10.2 Å². The highest BCUT2D eigenvalue weighted by Crippen LogP contribution is 2.20. The fourth-order valence-corrected chi connectivity index (χ4v) is 2.02. The molecule has 0 aliphatic carbocycles. The van der Waals surface area contributed by atoms with E-state index in [1.54, 1.807) is 12.4 Å². The number of rotatable bonds is 5. The Morgan fingerprint density at radius 1 is 1.37 bits per heavy atom. The molecule has 0 aromatic carbocycles. The number of hydrogen-bond acceptors (Lipinski definition) is 4. The highest BCUT2D eigenvalue weighted by Gasteiger charge is 2.07. The van der Waals surface area contributed by atoms with Crippen LogP contribution in [0.2, 0.25) is 5.02 Å². The molecule has 0 aliphatic heterocycles. The summed E-state index contributed by atoms with van der Waals surface area (Å²) < 4.78 is 0. The van der Waals surface area contributed by atoms with E-state index >= 15 is 0 Å². The Hall–Kier alpha value is -1.65. The Morgan fingerprint density at radius 3 is 2.89 bits per heavy atom. The van der Waals surface area contributed by atoms with Crippen molar-refractivity contribution in [1.29, 1.82) is 0 Å². The third-order valence-corrected chi connectivity index (χ3v) is 3.16. The van der Waals surface area contributed by atoms with Crippen LogP contribution in [0.3, 0.4) is 0 Å². The number of nitrogens with one attached hydrogen (secondary N) is 1. The summed E-state index contributed by atoms with van der Waals surface area (Å²) in [4.78, 5) is 10.6. The van der Waals surface area contributed by atoms with Gasteiger partial charge in [-0.3, -0.25) is 4.98 Å². The van der Waals surface area contributed by atoms with E-state index in [1.165, 1.54) is 0 Å². The number of hydrogen-bond donors (Lipinski definition) is 1. The zero-order valence-corrected chi connectivity index (χ0v) is 11.9. The van der Waals surface area contributed by atoms with E-state index in [2.05, 4.69) is 20.2 Å². The fourth-order valence-electron chi connectivity index (χ4n) is 1.85. The van der Waals surface area contributed by atoms with Gasteiger partial charge in [0.05, 0.1) is 5.02 Å². The molecule has 0 aliphatic rings. The van der Waals surface area contributed by atoms with Gasteiger partial charge in [0.25, 0.3) is 0 Å². The summed E-state index contributed by atoms with van der Waals surface area (Å²) in [6.45, 7) is 1.50. The number of nitrogens with zero attached hydrogens (tertiary/aromatic N) is 3. The van der Waals surface area contributed by atoms with E-state index in [0.717, 1.165) is 30.0 Å². The molecule has 4 nitrogen and oxygen atoms in total. The molecular formula is C14H17ClN4. The lowest BCUT2D eigenvalue weighted by Crippen LogP contribution is -2.18. The van der Waals surface area contributed by atoms with E-state index in [0.29, 0.717) is 5.02 Å². The molecular weight excluding hydrogens is 260 g/mol. The molecule has 2 aromatic heterocycles. The molecule has 0 spiro atoms. The first kappa shape index (κ1) is 13.8. The highest BCUT2D eigenvalue weighted by atomic mass is 35.5. The standard InChI is InChI=1S/C14H17ClN4/c1-16-8-12-6-14(18-9-13(12)15)19(2)10-11-4-3-5-17-7-11/h3-7,9,16H,8,10H2,1-2H3. The summed E-state index contributed by atoms with van der Waals surface area (Å²) in [5, 5.41) is 3.79. The van der Waals surface area contributed by atoms with Gasteiger partial charge < -0.3 is 10.2 Å². The minimum Gasteiger partial charge on any atom is -0.355 e. The van der Waals surface area contributed by atoms with Crippen molar-refractivity contribution in [3.63, 3.8) is 0 Å². The molecule has 5 heteroatoms. The molecule has 0 atom stereocenters. The molecule has 100 valence electrons. The molecule has 0 unspecified atom stereocenters. The molecule has 0 saturated heterocycles. The van der Waals surface area contributed by atoms with Gasteiger partial charge in [-0.25, -0.2) is 4.98 Å². The van der Waals surface area contributed by atoms with Crippen molar-refractivity contribution < 1.29 is 0 Å². The average Bonchev–Trinajstić information content (AvgIpc) is 2.42. The maximum Gasteiger partial charge on any atom is 0.128 e. The summed E-state index contributed by atoms with van der Waals surface area (Å²) in [6.07, 6.45) is 5.33. The van der Waals surface area contributed by atoms with E-state index in [-0.39, 0.29) is 0 Å². The first-order valence-corrected chi connectivity index (χ1v) is 6.47. The van der Waals surface area contributed by atoms with Crippen molar-refractivity contribution in [2.75, 3.05) is 19.0 Å². The van der Waals surface area contributed by atoms with Gasteiger partial charge >= 0.3 is 0 Å². The molecule has 0 saturated carbocycles. The number of anilines is 1. The first-order valence-electron chi connectivity index (χ1n) is 6.09. The van der Waals surface area contributed by atoms with Crippen LogP contribution in [0.25, 0.3) is 0 Å². The van der Waals surface area contributed by atoms with Gasteiger partial charge in [-0.2, -0.15) is 0 Å². The van der Waals surface area contributed by atoms with Gasteiger partial charge in [0.15, 0.2) is 0 Å². The van der Waals surface area contributed by atoms with Crippen LogP contribution in [0, 0.1) is 0 Å². The first-order chi connectivity index (χ1) is 9.20. The summed E-state index contributed by atoms with van der Waals surface area (Å²) in [5.41, 5.74) is 2.20. The van der Waals surface area contributed by atoms with Gasteiger partial charge in [0.1, 0.15) is 5.82 Å². The van der Waals surface area contributed by atoms with E-state index in [4.69, 9.17) is 11.6 Å². The van der Waals surface area contributed by atoms with Crippen molar-refractivity contribution in [2.24, 2.45) is 0 Å². The predicted octanol–water partition coefficient (Wildman–Crippen LogP) is 2.49. The monoisotopic (exact) mass is 276 g/mol. The lowest BCUT2D eigenvalue weighted by molar-refractivity contribution is 0.811. The smallest absolute Gasteiger partial charge is 0.128 e. The molecule has 0 bridgehead atoms. The van der Waals surface area contributed by atoms with E-state index < -0.39 is 0 Å². The number of aromatic nitrogens is 2.